The molecule has 3 aromatic rings. The van der Waals surface area contributed by atoms with E-state index in [0.29, 0.717) is 4.88 Å². The Morgan fingerprint density at radius 3 is 2.64 bits per heavy atom. The molecule has 0 atom stereocenters. The number of ketones is 1. The van der Waals surface area contributed by atoms with Crippen molar-refractivity contribution < 1.29 is 18.0 Å². The molecule has 0 unspecified atom stereocenters. The topological polar surface area (TPSA) is 86.7 Å². The summed E-state index contributed by atoms with van der Waals surface area (Å²) in [6.07, 6.45) is 2.72. The number of hydrogen-bond acceptors (Lipinski definition) is 6. The fourth-order valence-corrected chi connectivity index (χ4v) is 3.56. The van der Waals surface area contributed by atoms with E-state index < -0.39 is 11.9 Å². The molecule has 3 aromatic heterocycles. The van der Waals surface area contributed by atoms with Crippen molar-refractivity contribution in [3.8, 4) is 17.1 Å². The second kappa shape index (κ2) is 6.86. The van der Waals surface area contributed by atoms with Crippen molar-refractivity contribution in [2.75, 3.05) is 5.73 Å². The highest BCUT2D eigenvalue weighted by atomic mass is 32.1. The third kappa shape index (κ3) is 3.42. The minimum Gasteiger partial charge on any atom is -0.383 e. The number of anilines is 1. The Morgan fingerprint density at radius 1 is 1.29 bits per heavy atom. The Hall–Kier alpha value is -3.01. The maximum absolute atomic E-state index is 13.7. The third-order valence-corrected chi connectivity index (χ3v) is 5.16. The largest absolute Gasteiger partial charge is 0.435 e. The number of carbonyl (C=O) groups is 1. The van der Waals surface area contributed by atoms with Crippen LogP contribution in [-0.2, 0) is 11.0 Å². The highest BCUT2D eigenvalue weighted by Crippen LogP contribution is 2.43. The summed E-state index contributed by atoms with van der Waals surface area (Å²) in [5.41, 5.74) is 4.93. The van der Waals surface area contributed by atoms with Crippen LogP contribution in [0.3, 0.4) is 0 Å². The third-order valence-electron chi connectivity index (χ3n) is 4.27. The van der Waals surface area contributed by atoms with E-state index in [9.17, 15) is 18.0 Å². The normalized spacial score (nSPS) is 14.7. The van der Waals surface area contributed by atoms with Gasteiger partial charge in [0.2, 0.25) is 0 Å². The molecule has 2 N–H and O–H groups in total. The van der Waals surface area contributed by atoms with Gasteiger partial charge in [0.1, 0.15) is 5.82 Å². The van der Waals surface area contributed by atoms with Gasteiger partial charge in [-0.3, -0.25) is 4.79 Å². The monoisotopic (exact) mass is 405 g/mol. The van der Waals surface area contributed by atoms with Crippen LogP contribution in [0.25, 0.3) is 23.2 Å². The van der Waals surface area contributed by atoms with Crippen LogP contribution in [0.2, 0.25) is 0 Å². The lowest BCUT2D eigenvalue weighted by Gasteiger charge is -2.06. The summed E-state index contributed by atoms with van der Waals surface area (Å²) in [4.78, 5) is 20.3. The fraction of sp³-hybridized carbons (Fsp3) is 0.222. The van der Waals surface area contributed by atoms with E-state index in [-0.39, 0.29) is 34.6 Å². The van der Waals surface area contributed by atoms with Gasteiger partial charge in [-0.05, 0) is 42.5 Å². The van der Waals surface area contributed by atoms with Crippen molar-refractivity contribution in [1.29, 1.82) is 0 Å². The van der Waals surface area contributed by atoms with Gasteiger partial charge in [0.15, 0.2) is 11.5 Å². The van der Waals surface area contributed by atoms with Crippen LogP contribution in [0, 0.1) is 5.92 Å². The van der Waals surface area contributed by atoms with Crippen molar-refractivity contribution in [1.82, 2.24) is 19.7 Å². The number of hydrogen-bond donors (Lipinski definition) is 1. The van der Waals surface area contributed by atoms with E-state index in [0.717, 1.165) is 17.5 Å². The molecule has 28 heavy (non-hydrogen) atoms. The van der Waals surface area contributed by atoms with Crippen LogP contribution in [0.4, 0.5) is 19.0 Å². The molecule has 0 aliphatic heterocycles. The molecule has 0 saturated heterocycles. The zero-order valence-corrected chi connectivity index (χ0v) is 15.2. The van der Waals surface area contributed by atoms with Gasteiger partial charge in [-0.2, -0.15) is 23.0 Å². The summed E-state index contributed by atoms with van der Waals surface area (Å²) in [7, 11) is 0. The molecule has 0 bridgehead atoms. The zero-order valence-electron chi connectivity index (χ0n) is 14.3. The van der Waals surface area contributed by atoms with Gasteiger partial charge < -0.3 is 5.73 Å². The van der Waals surface area contributed by atoms with Crippen LogP contribution < -0.4 is 5.73 Å². The number of nitrogens with zero attached hydrogens (tertiary/aromatic N) is 4. The molecule has 3 heterocycles. The summed E-state index contributed by atoms with van der Waals surface area (Å²) in [6.45, 7) is 0. The van der Waals surface area contributed by atoms with E-state index in [1.54, 1.807) is 5.38 Å². The van der Waals surface area contributed by atoms with Gasteiger partial charge in [0.05, 0.1) is 5.56 Å². The summed E-state index contributed by atoms with van der Waals surface area (Å²) >= 11 is 1.22. The van der Waals surface area contributed by atoms with Crippen molar-refractivity contribution >= 4 is 29.0 Å². The molecule has 1 aliphatic carbocycles. The number of aromatic nitrogens is 4. The SMILES string of the molecule is Nc1c(-c2ccsc2/C=C\C(=O)C2CC2)c(C(F)(F)F)nn1-c1ncccn1. The van der Waals surface area contributed by atoms with E-state index in [4.69, 9.17) is 5.73 Å². The molecule has 0 amide bonds. The highest BCUT2D eigenvalue weighted by molar-refractivity contribution is 7.11. The van der Waals surface area contributed by atoms with Crippen molar-refractivity contribution in [2.45, 2.75) is 19.0 Å². The molecule has 0 aromatic carbocycles. The summed E-state index contributed by atoms with van der Waals surface area (Å²) in [5, 5.41) is 5.28. The van der Waals surface area contributed by atoms with Crippen molar-refractivity contribution in [3.05, 3.63) is 46.6 Å². The Kier molecular flexibility index (Phi) is 4.50. The average molecular weight is 405 g/mol. The molecule has 4 rings (SSSR count). The molecule has 1 fully saturated rings. The minimum atomic E-state index is -4.73. The predicted octanol–water partition coefficient (Wildman–Crippen LogP) is 3.98. The van der Waals surface area contributed by atoms with Crippen molar-refractivity contribution in [3.63, 3.8) is 0 Å². The van der Waals surface area contributed by atoms with Gasteiger partial charge in [0.25, 0.3) is 5.95 Å². The molecule has 10 heteroatoms. The number of allylic oxidation sites excluding steroid dienone is 1. The lowest BCUT2D eigenvalue weighted by molar-refractivity contribution is -0.140. The van der Waals surface area contributed by atoms with Crippen LogP contribution in [0.5, 0.6) is 0 Å². The first kappa shape index (κ1) is 18.4. The van der Waals surface area contributed by atoms with Crippen LogP contribution in [-0.4, -0.2) is 25.5 Å². The van der Waals surface area contributed by atoms with Crippen LogP contribution in [0.1, 0.15) is 23.4 Å². The quantitative estimate of drug-likeness (QED) is 0.649. The van der Waals surface area contributed by atoms with Gasteiger partial charge >= 0.3 is 6.18 Å². The van der Waals surface area contributed by atoms with Gasteiger partial charge in [0, 0.05) is 28.8 Å². The van der Waals surface area contributed by atoms with Gasteiger partial charge in [-0.15, -0.1) is 11.3 Å². The smallest absolute Gasteiger partial charge is 0.383 e. The molecule has 1 aliphatic rings. The number of halogens is 3. The molecule has 144 valence electrons. The lowest BCUT2D eigenvalue weighted by atomic mass is 10.1. The Labute approximate surface area is 161 Å². The molecule has 0 radical (unpaired) electrons. The summed E-state index contributed by atoms with van der Waals surface area (Å²) in [5.74, 6) is -0.265. The first-order chi connectivity index (χ1) is 13.4. The number of rotatable bonds is 5. The molecule has 1 saturated carbocycles. The molecular weight excluding hydrogens is 391 g/mol. The zero-order chi connectivity index (χ0) is 19.9. The number of nitrogens with two attached hydrogens (primary N) is 1. The molecule has 0 spiro atoms. The Morgan fingerprint density at radius 2 is 2.00 bits per heavy atom. The fourth-order valence-electron chi connectivity index (χ4n) is 2.77. The van der Waals surface area contributed by atoms with Gasteiger partial charge in [-0.25, -0.2) is 9.97 Å². The average Bonchev–Trinajstić information content (AvgIpc) is 3.32. The number of thiophene rings is 1. The van der Waals surface area contributed by atoms with E-state index in [2.05, 4.69) is 15.1 Å². The summed E-state index contributed by atoms with van der Waals surface area (Å²) in [6, 6.07) is 3.07. The van der Waals surface area contributed by atoms with E-state index in [1.165, 1.54) is 48.0 Å². The molecule has 6 nitrogen and oxygen atoms in total. The second-order valence-corrected chi connectivity index (χ2v) is 7.22. The molecular formula is C18H14F3N5OS. The Bertz CT molecular complexity index is 1050. The maximum Gasteiger partial charge on any atom is 0.435 e. The second-order valence-electron chi connectivity index (χ2n) is 6.28. The van der Waals surface area contributed by atoms with Crippen molar-refractivity contribution in [2.24, 2.45) is 5.92 Å². The van der Waals surface area contributed by atoms with E-state index in [1.807, 2.05) is 0 Å². The maximum atomic E-state index is 13.7. The number of nitrogen functional groups attached to an aromatic ring is 1. The lowest BCUT2D eigenvalue weighted by Crippen LogP contribution is -2.09. The minimum absolute atomic E-state index is 0.0169. The first-order valence-corrected chi connectivity index (χ1v) is 9.27. The van der Waals surface area contributed by atoms with Crippen LogP contribution in [0.15, 0.2) is 36.0 Å². The number of carbonyl (C=O) groups excluding carboxylic acids is 1. The Balaban J connectivity index is 1.83. The predicted molar refractivity (Wildman–Crippen MR) is 98.6 cm³/mol. The highest BCUT2D eigenvalue weighted by Gasteiger charge is 2.40. The van der Waals surface area contributed by atoms with Gasteiger partial charge in [-0.1, -0.05) is 0 Å². The number of alkyl halides is 3. The summed E-state index contributed by atoms with van der Waals surface area (Å²) < 4.78 is 41.9. The standard InChI is InChI=1S/C18H14F3N5OS/c19-18(20,21)15-14(16(22)26(25-15)17-23-7-1-8-24-17)11-6-9-28-13(11)5-4-12(27)10-2-3-10/h1,4-10H,2-3,22H2/b5-4-. The van der Waals surface area contributed by atoms with E-state index >= 15 is 0 Å². The van der Waals surface area contributed by atoms with Crippen LogP contribution >= 0.6 is 11.3 Å². The first-order valence-electron chi connectivity index (χ1n) is 8.39.